The highest BCUT2D eigenvalue weighted by molar-refractivity contribution is 5.88. The van der Waals surface area contributed by atoms with E-state index in [-0.39, 0.29) is 23.5 Å². The Kier molecular flexibility index (Phi) is 6.78. The summed E-state index contributed by atoms with van der Waals surface area (Å²) < 4.78 is 51.6. The number of alkyl halides is 3. The normalized spacial score (nSPS) is 22.0. The van der Waals surface area contributed by atoms with Gasteiger partial charge < -0.3 is 29.4 Å². The second kappa shape index (κ2) is 9.85. The second-order valence-corrected chi connectivity index (χ2v) is 9.30. The number of aromatic nitrogens is 1. The molecule has 2 atom stereocenters. The van der Waals surface area contributed by atoms with Crippen LogP contribution >= 0.6 is 0 Å². The molecule has 0 bridgehead atoms. The minimum Gasteiger partial charge on any atom is -0.381 e. The van der Waals surface area contributed by atoms with E-state index in [0.29, 0.717) is 29.5 Å². The van der Waals surface area contributed by atoms with Crippen molar-refractivity contribution in [2.24, 2.45) is 0 Å². The van der Waals surface area contributed by atoms with Crippen molar-refractivity contribution in [3.05, 3.63) is 64.4 Å². The van der Waals surface area contributed by atoms with Crippen LogP contribution in [-0.2, 0) is 15.7 Å². The van der Waals surface area contributed by atoms with Crippen molar-refractivity contribution in [3.63, 3.8) is 0 Å². The molecular weight excluding hydrogens is 475 g/mol. The Labute approximate surface area is 206 Å². The van der Waals surface area contributed by atoms with Crippen LogP contribution in [0.3, 0.4) is 0 Å². The number of hydrogen-bond donors (Lipinski definition) is 2. The highest BCUT2D eigenvalue weighted by Gasteiger charge is 2.35. The Morgan fingerprint density at radius 3 is 2.61 bits per heavy atom. The molecule has 3 heterocycles. The van der Waals surface area contributed by atoms with Gasteiger partial charge in [0.25, 0.3) is 5.56 Å². The van der Waals surface area contributed by atoms with E-state index in [1.807, 2.05) is 0 Å². The van der Waals surface area contributed by atoms with Gasteiger partial charge in [0.05, 0.1) is 24.3 Å². The summed E-state index contributed by atoms with van der Waals surface area (Å²) in [5, 5.41) is 11.4. The minimum atomic E-state index is -4.55. The van der Waals surface area contributed by atoms with Crippen LogP contribution in [0.25, 0.3) is 22.0 Å². The summed E-state index contributed by atoms with van der Waals surface area (Å²) in [7, 11) is 1.73. The molecule has 2 aromatic carbocycles. The smallest absolute Gasteiger partial charge is 0.381 e. The molecule has 2 aliphatic rings. The number of piperidine rings is 1. The predicted octanol–water partition coefficient (Wildman–Crippen LogP) is 3.81. The van der Waals surface area contributed by atoms with Crippen LogP contribution in [-0.4, -0.2) is 66.9 Å². The highest BCUT2D eigenvalue weighted by atomic mass is 19.4. The van der Waals surface area contributed by atoms with E-state index in [1.54, 1.807) is 30.2 Å². The number of anilines is 1. The summed E-state index contributed by atoms with van der Waals surface area (Å²) in [6.07, 6.45) is -3.70. The molecule has 5 rings (SSSR count). The van der Waals surface area contributed by atoms with Gasteiger partial charge in [-0.2, -0.15) is 13.2 Å². The lowest BCUT2D eigenvalue weighted by Gasteiger charge is -2.32. The van der Waals surface area contributed by atoms with E-state index in [0.717, 1.165) is 32.0 Å². The largest absolute Gasteiger partial charge is 0.417 e. The van der Waals surface area contributed by atoms with Gasteiger partial charge in [-0.1, -0.05) is 24.3 Å². The quantitative estimate of drug-likeness (QED) is 0.552. The van der Waals surface area contributed by atoms with Crippen molar-refractivity contribution >= 4 is 16.5 Å². The van der Waals surface area contributed by atoms with Gasteiger partial charge in [-0.25, -0.2) is 0 Å². The zero-order valence-corrected chi connectivity index (χ0v) is 19.8. The zero-order chi connectivity index (χ0) is 25.4. The third kappa shape index (κ3) is 4.99. The van der Waals surface area contributed by atoms with Crippen molar-refractivity contribution in [2.45, 2.75) is 37.6 Å². The number of hydrogen-bond acceptors (Lipinski definition) is 6. The van der Waals surface area contributed by atoms with Crippen LogP contribution in [0.5, 0.6) is 0 Å². The summed E-state index contributed by atoms with van der Waals surface area (Å²) in [6.45, 7) is 2.94. The Balaban J connectivity index is 1.36. The molecule has 2 aliphatic heterocycles. The van der Waals surface area contributed by atoms with E-state index in [9.17, 15) is 23.1 Å². The average molecular weight is 504 g/mol. The Hall–Kier alpha value is -2.92. The molecule has 2 fully saturated rings. The summed E-state index contributed by atoms with van der Waals surface area (Å²) in [6, 6.07) is 11.7. The first-order chi connectivity index (χ1) is 17.2. The van der Waals surface area contributed by atoms with Crippen LogP contribution in [0.1, 0.15) is 18.4 Å². The Morgan fingerprint density at radius 1 is 1.14 bits per heavy atom. The van der Waals surface area contributed by atoms with E-state index >= 15 is 0 Å². The number of H-pyrrole nitrogens is 1. The number of aliphatic hydroxyl groups is 1. The maximum Gasteiger partial charge on any atom is 0.417 e. The number of fused-ring (bicyclic) bond motifs is 1. The number of likely N-dealkylation sites (tertiary alicyclic amines) is 1. The molecule has 3 aromatic rings. The fourth-order valence-electron chi connectivity index (χ4n) is 5.08. The number of halogens is 3. The fourth-order valence-corrected chi connectivity index (χ4v) is 5.08. The van der Waals surface area contributed by atoms with Crippen molar-refractivity contribution in [1.82, 2.24) is 9.88 Å². The Morgan fingerprint density at radius 2 is 1.89 bits per heavy atom. The molecule has 1 aromatic heterocycles. The number of aromatic amines is 1. The highest BCUT2D eigenvalue weighted by Crippen LogP contribution is 2.37. The second-order valence-electron chi connectivity index (χ2n) is 9.30. The molecule has 192 valence electrons. The number of ether oxygens (including phenoxy) is 2. The summed E-state index contributed by atoms with van der Waals surface area (Å²) in [4.78, 5) is 19.5. The minimum absolute atomic E-state index is 0.0891. The first kappa shape index (κ1) is 24.8. The predicted molar refractivity (Wildman–Crippen MR) is 130 cm³/mol. The number of nitrogens with zero attached hydrogens (tertiary/aromatic N) is 2. The fraction of sp³-hybridized carbons (Fsp3) is 0.423. The number of pyridine rings is 1. The maximum absolute atomic E-state index is 13.5. The van der Waals surface area contributed by atoms with Gasteiger partial charge in [0.2, 0.25) is 6.41 Å². The number of benzene rings is 2. The van der Waals surface area contributed by atoms with E-state index in [1.165, 1.54) is 24.3 Å². The van der Waals surface area contributed by atoms with Gasteiger partial charge in [0, 0.05) is 49.1 Å². The number of methoxy groups -OCH3 is 1. The van der Waals surface area contributed by atoms with E-state index in [4.69, 9.17) is 9.47 Å². The average Bonchev–Trinajstić information content (AvgIpc) is 3.23. The molecule has 0 spiro atoms. The molecule has 36 heavy (non-hydrogen) atoms. The third-order valence-electron chi connectivity index (χ3n) is 6.99. The molecule has 1 unspecified atom stereocenters. The van der Waals surface area contributed by atoms with Crippen LogP contribution < -0.4 is 10.5 Å². The van der Waals surface area contributed by atoms with Crippen LogP contribution in [0.4, 0.5) is 18.9 Å². The van der Waals surface area contributed by atoms with Gasteiger partial charge in [0.1, 0.15) is 0 Å². The lowest BCUT2D eigenvalue weighted by Crippen LogP contribution is -2.41. The molecule has 0 saturated carbocycles. The van der Waals surface area contributed by atoms with Gasteiger partial charge in [0.15, 0.2) is 0 Å². The standard InChI is InChI=1S/C26H28F3N3O4/c1-35-18-8-10-31(11-9-18)14-19-15-32(25(34)36-19)17-7-6-16-12-23(30-24(33)21(16)13-17)20-4-2-3-5-22(20)26(27,28)29/h2-7,12-13,18-19,25,34H,8-11,14-15H2,1H3,(H,30,33)/t19-,25?/m0/s1. The lowest BCUT2D eigenvalue weighted by molar-refractivity contribution is -0.137. The van der Waals surface area contributed by atoms with E-state index < -0.39 is 23.7 Å². The molecule has 0 radical (unpaired) electrons. The number of aliphatic hydroxyl groups excluding tert-OH is 1. The first-order valence-corrected chi connectivity index (χ1v) is 11.9. The molecule has 2 N–H and O–H groups in total. The van der Waals surface area contributed by atoms with Gasteiger partial charge in [-0.3, -0.25) is 4.79 Å². The lowest BCUT2D eigenvalue weighted by atomic mass is 10.0. The topological polar surface area (TPSA) is 78.0 Å². The SMILES string of the molecule is COC1CCN(C[C@H]2CN(c3ccc4cc(-c5ccccc5C(F)(F)F)[nH]c(=O)c4c3)C(O)O2)CC1. The molecule has 0 amide bonds. The summed E-state index contributed by atoms with van der Waals surface area (Å²) >= 11 is 0. The first-order valence-electron chi connectivity index (χ1n) is 11.9. The van der Waals surface area contributed by atoms with E-state index in [2.05, 4.69) is 9.88 Å². The van der Waals surface area contributed by atoms with Crippen LogP contribution in [0.2, 0.25) is 0 Å². The number of nitrogens with one attached hydrogen (secondary N) is 1. The molecule has 0 aliphatic carbocycles. The monoisotopic (exact) mass is 503 g/mol. The third-order valence-corrected chi connectivity index (χ3v) is 6.99. The molecule has 2 saturated heterocycles. The number of rotatable bonds is 5. The van der Waals surface area contributed by atoms with Crippen molar-refractivity contribution in [3.8, 4) is 11.3 Å². The molecule has 10 heteroatoms. The van der Waals surface area contributed by atoms with Crippen LogP contribution in [0.15, 0.2) is 53.3 Å². The Bertz CT molecular complexity index is 1290. The van der Waals surface area contributed by atoms with Crippen molar-refractivity contribution in [1.29, 1.82) is 0 Å². The van der Waals surface area contributed by atoms with Gasteiger partial charge in [-0.15, -0.1) is 0 Å². The molecular formula is C26H28F3N3O4. The van der Waals surface area contributed by atoms with Crippen molar-refractivity contribution in [2.75, 3.05) is 38.2 Å². The summed E-state index contributed by atoms with van der Waals surface area (Å²) in [5.74, 6) is 0. The van der Waals surface area contributed by atoms with Crippen LogP contribution in [0, 0.1) is 0 Å². The summed E-state index contributed by atoms with van der Waals surface area (Å²) in [5.41, 5.74) is -0.715. The zero-order valence-electron chi connectivity index (χ0n) is 19.8. The molecule has 7 nitrogen and oxygen atoms in total. The maximum atomic E-state index is 13.5. The van der Waals surface area contributed by atoms with Gasteiger partial charge >= 0.3 is 6.18 Å². The van der Waals surface area contributed by atoms with Gasteiger partial charge in [-0.05, 0) is 42.5 Å². The van der Waals surface area contributed by atoms with Crippen molar-refractivity contribution < 1.29 is 27.8 Å².